The number of amides is 1. The van der Waals surface area contributed by atoms with Crippen molar-refractivity contribution in [2.24, 2.45) is 0 Å². The molecule has 0 radical (unpaired) electrons. The summed E-state index contributed by atoms with van der Waals surface area (Å²) < 4.78 is 16.2. The minimum absolute atomic E-state index is 0.145. The Morgan fingerprint density at radius 1 is 1.06 bits per heavy atom. The second-order valence-corrected chi connectivity index (χ2v) is 7.51. The predicted octanol–water partition coefficient (Wildman–Crippen LogP) is 4.53. The number of hydrogen-bond acceptors (Lipinski definition) is 6. The third-order valence-electron chi connectivity index (χ3n) is 5.34. The van der Waals surface area contributed by atoms with Gasteiger partial charge in [-0.15, -0.1) is 0 Å². The molecule has 0 saturated carbocycles. The van der Waals surface area contributed by atoms with Gasteiger partial charge in [-0.05, 0) is 36.8 Å². The topological polar surface area (TPSA) is 103 Å². The van der Waals surface area contributed by atoms with Gasteiger partial charge in [0.05, 0.1) is 16.6 Å². The van der Waals surface area contributed by atoms with Gasteiger partial charge in [-0.1, -0.05) is 37.3 Å². The summed E-state index contributed by atoms with van der Waals surface area (Å²) in [6, 6.07) is 19.7. The molecule has 0 spiro atoms. The standard InChI is InChI=1S/C25H21N3O5/c1-2-20(24(29)26-15-11-12-21-22(13-15)32-14-31-21)33-25(30)17-8-4-3-7-16(17)23-27-18-9-5-6-10-19(18)28-23/h3-13,20H,2,14H2,1H3,(H,26,29)(H,27,28). The summed E-state index contributed by atoms with van der Waals surface area (Å²) in [5.41, 5.74) is 3.12. The van der Waals surface area contributed by atoms with Crippen LogP contribution in [0.2, 0.25) is 0 Å². The van der Waals surface area contributed by atoms with Crippen molar-refractivity contribution in [3.8, 4) is 22.9 Å². The maximum absolute atomic E-state index is 13.1. The van der Waals surface area contributed by atoms with E-state index in [1.807, 2.05) is 30.3 Å². The van der Waals surface area contributed by atoms with Crippen LogP contribution in [0.5, 0.6) is 11.5 Å². The fraction of sp³-hybridized carbons (Fsp3) is 0.160. The molecule has 0 aliphatic carbocycles. The van der Waals surface area contributed by atoms with Crippen LogP contribution in [0.15, 0.2) is 66.7 Å². The largest absolute Gasteiger partial charge is 0.454 e. The van der Waals surface area contributed by atoms with Gasteiger partial charge in [0.25, 0.3) is 5.91 Å². The molecule has 3 aromatic carbocycles. The number of hydrogen-bond donors (Lipinski definition) is 2. The molecule has 33 heavy (non-hydrogen) atoms. The van der Waals surface area contributed by atoms with Crippen LogP contribution < -0.4 is 14.8 Å². The van der Waals surface area contributed by atoms with Crippen molar-refractivity contribution < 1.29 is 23.8 Å². The summed E-state index contributed by atoms with van der Waals surface area (Å²) in [5.74, 6) is 0.706. The van der Waals surface area contributed by atoms with Gasteiger partial charge in [0.2, 0.25) is 6.79 Å². The lowest BCUT2D eigenvalue weighted by atomic mass is 10.1. The number of aromatic amines is 1. The van der Waals surface area contributed by atoms with Gasteiger partial charge in [-0.25, -0.2) is 9.78 Å². The molecule has 1 aliphatic rings. The van der Waals surface area contributed by atoms with Crippen molar-refractivity contribution in [2.45, 2.75) is 19.4 Å². The Bertz CT molecular complexity index is 1310. The predicted molar refractivity (Wildman–Crippen MR) is 122 cm³/mol. The molecule has 2 N–H and O–H groups in total. The van der Waals surface area contributed by atoms with Crippen LogP contribution >= 0.6 is 0 Å². The van der Waals surface area contributed by atoms with Crippen molar-refractivity contribution in [1.82, 2.24) is 9.97 Å². The minimum atomic E-state index is -0.966. The summed E-state index contributed by atoms with van der Waals surface area (Å²) in [6.45, 7) is 1.93. The number of nitrogens with one attached hydrogen (secondary N) is 2. The van der Waals surface area contributed by atoms with Gasteiger partial charge in [0.15, 0.2) is 17.6 Å². The number of para-hydroxylation sites is 2. The number of ether oxygens (including phenoxy) is 3. The van der Waals surface area contributed by atoms with Gasteiger partial charge < -0.3 is 24.5 Å². The van der Waals surface area contributed by atoms with E-state index in [9.17, 15) is 9.59 Å². The Balaban J connectivity index is 1.34. The highest BCUT2D eigenvalue weighted by Gasteiger charge is 2.25. The number of anilines is 1. The number of nitrogens with zero attached hydrogens (tertiary/aromatic N) is 1. The van der Waals surface area contributed by atoms with Crippen molar-refractivity contribution in [1.29, 1.82) is 0 Å². The summed E-state index contributed by atoms with van der Waals surface area (Å²) in [4.78, 5) is 33.7. The van der Waals surface area contributed by atoms with E-state index < -0.39 is 18.0 Å². The van der Waals surface area contributed by atoms with Crippen LogP contribution in [-0.4, -0.2) is 34.7 Å². The fourth-order valence-corrected chi connectivity index (χ4v) is 3.66. The van der Waals surface area contributed by atoms with E-state index in [0.29, 0.717) is 40.6 Å². The first-order valence-corrected chi connectivity index (χ1v) is 10.6. The van der Waals surface area contributed by atoms with Crippen molar-refractivity contribution in [3.63, 3.8) is 0 Å². The summed E-state index contributed by atoms with van der Waals surface area (Å²) >= 11 is 0. The third-order valence-corrected chi connectivity index (χ3v) is 5.34. The number of fused-ring (bicyclic) bond motifs is 2. The molecule has 8 heteroatoms. The smallest absolute Gasteiger partial charge is 0.339 e. The maximum atomic E-state index is 13.1. The van der Waals surface area contributed by atoms with Gasteiger partial charge in [-0.2, -0.15) is 0 Å². The zero-order valence-corrected chi connectivity index (χ0v) is 17.8. The van der Waals surface area contributed by atoms with Crippen LogP contribution in [0, 0.1) is 0 Å². The molecule has 4 aromatic rings. The summed E-state index contributed by atoms with van der Waals surface area (Å²) in [5, 5.41) is 2.77. The average molecular weight is 443 g/mol. The molecule has 5 rings (SSSR count). The lowest BCUT2D eigenvalue weighted by molar-refractivity contribution is -0.124. The zero-order valence-electron chi connectivity index (χ0n) is 17.8. The number of esters is 1. The van der Waals surface area contributed by atoms with E-state index in [0.717, 1.165) is 11.0 Å². The van der Waals surface area contributed by atoms with Crippen LogP contribution in [0.25, 0.3) is 22.4 Å². The van der Waals surface area contributed by atoms with Crippen molar-refractivity contribution in [2.75, 3.05) is 12.1 Å². The van der Waals surface area contributed by atoms with E-state index in [-0.39, 0.29) is 6.79 Å². The Kier molecular flexibility index (Phi) is 5.40. The van der Waals surface area contributed by atoms with Gasteiger partial charge in [0, 0.05) is 17.3 Å². The zero-order chi connectivity index (χ0) is 22.8. The molecule has 1 aromatic heterocycles. The molecule has 1 atom stereocenters. The van der Waals surface area contributed by atoms with E-state index in [1.54, 1.807) is 43.3 Å². The maximum Gasteiger partial charge on any atom is 0.339 e. The Morgan fingerprint density at radius 2 is 1.85 bits per heavy atom. The molecular weight excluding hydrogens is 422 g/mol. The number of aromatic nitrogens is 2. The third kappa shape index (κ3) is 4.10. The first kappa shape index (κ1) is 20.6. The highest BCUT2D eigenvalue weighted by Crippen LogP contribution is 2.34. The quantitative estimate of drug-likeness (QED) is 0.425. The second kappa shape index (κ2) is 8.66. The molecule has 8 nitrogen and oxygen atoms in total. The van der Waals surface area contributed by atoms with Crippen LogP contribution in [0.1, 0.15) is 23.7 Å². The number of carbonyl (C=O) groups is 2. The monoisotopic (exact) mass is 443 g/mol. The van der Waals surface area contributed by atoms with Crippen molar-refractivity contribution in [3.05, 3.63) is 72.3 Å². The molecule has 0 saturated heterocycles. The lowest BCUT2D eigenvalue weighted by Gasteiger charge is -2.17. The van der Waals surface area contributed by atoms with E-state index in [2.05, 4.69) is 15.3 Å². The van der Waals surface area contributed by atoms with Crippen LogP contribution in [-0.2, 0) is 9.53 Å². The first-order chi connectivity index (χ1) is 16.1. The molecule has 1 aliphatic heterocycles. The van der Waals surface area contributed by atoms with E-state index in [4.69, 9.17) is 14.2 Å². The highest BCUT2D eigenvalue weighted by atomic mass is 16.7. The number of imidazole rings is 1. The van der Waals surface area contributed by atoms with E-state index >= 15 is 0 Å². The molecule has 1 unspecified atom stereocenters. The number of carbonyl (C=O) groups excluding carboxylic acids is 2. The number of benzene rings is 3. The SMILES string of the molecule is CCC(OC(=O)c1ccccc1-c1nc2ccccc2[nH]1)C(=O)Nc1ccc2c(c1)OCO2. The second-order valence-electron chi connectivity index (χ2n) is 7.51. The number of rotatable bonds is 6. The van der Waals surface area contributed by atoms with Crippen molar-refractivity contribution >= 4 is 28.6 Å². The molecule has 0 bridgehead atoms. The van der Waals surface area contributed by atoms with E-state index in [1.165, 1.54) is 0 Å². The Morgan fingerprint density at radius 3 is 2.70 bits per heavy atom. The fourth-order valence-electron chi connectivity index (χ4n) is 3.66. The Hall–Kier alpha value is -4.33. The van der Waals surface area contributed by atoms with Crippen LogP contribution in [0.4, 0.5) is 5.69 Å². The highest BCUT2D eigenvalue weighted by molar-refractivity contribution is 6.00. The summed E-state index contributed by atoms with van der Waals surface area (Å²) in [7, 11) is 0. The molecule has 166 valence electrons. The molecular formula is C25H21N3O5. The van der Waals surface area contributed by atoms with Gasteiger partial charge in [0.1, 0.15) is 5.82 Å². The van der Waals surface area contributed by atoms with Gasteiger partial charge in [-0.3, -0.25) is 4.79 Å². The minimum Gasteiger partial charge on any atom is -0.454 e. The average Bonchev–Trinajstić information content (AvgIpc) is 3.48. The van der Waals surface area contributed by atoms with Gasteiger partial charge >= 0.3 is 5.97 Å². The first-order valence-electron chi connectivity index (χ1n) is 10.6. The van der Waals surface area contributed by atoms with Crippen LogP contribution in [0.3, 0.4) is 0 Å². The summed E-state index contributed by atoms with van der Waals surface area (Å²) in [6.07, 6.45) is -0.652. The number of H-pyrrole nitrogens is 1. The molecule has 0 fully saturated rings. The lowest BCUT2D eigenvalue weighted by Crippen LogP contribution is -2.32. The molecule has 2 heterocycles. The normalized spacial score (nSPS) is 13.0. The molecule has 1 amide bonds. The Labute approximate surface area is 189 Å².